The number of fused-ring (bicyclic) bond motifs is 1. The molecule has 30 heavy (non-hydrogen) atoms. The second-order valence-corrected chi connectivity index (χ2v) is 8.67. The van der Waals surface area contributed by atoms with E-state index in [4.69, 9.17) is 27.9 Å². The molecule has 2 heterocycles. The highest BCUT2D eigenvalue weighted by Gasteiger charge is 2.44. The molecular formula is C20H20Cl2F2N2O4. The maximum absolute atomic E-state index is 14.2. The molecule has 0 bridgehead atoms. The average molecular weight is 461 g/mol. The van der Waals surface area contributed by atoms with Gasteiger partial charge < -0.3 is 25.2 Å². The Hall–Kier alpha value is -1.87. The molecule has 10 heteroatoms. The van der Waals surface area contributed by atoms with Crippen LogP contribution in [0.15, 0.2) is 35.1 Å². The van der Waals surface area contributed by atoms with Crippen LogP contribution < -0.4 is 10.2 Å². The van der Waals surface area contributed by atoms with Crippen molar-refractivity contribution in [3.8, 4) is 0 Å². The van der Waals surface area contributed by atoms with Crippen LogP contribution in [0.2, 0.25) is 5.02 Å². The van der Waals surface area contributed by atoms with Crippen molar-refractivity contribution in [2.24, 2.45) is 5.92 Å². The van der Waals surface area contributed by atoms with Gasteiger partial charge in [0.1, 0.15) is 29.8 Å². The lowest BCUT2D eigenvalue weighted by atomic mass is 9.88. The van der Waals surface area contributed by atoms with Crippen LogP contribution in [-0.2, 0) is 9.53 Å². The van der Waals surface area contributed by atoms with Gasteiger partial charge in [-0.2, -0.15) is 0 Å². The monoisotopic (exact) mass is 460 g/mol. The van der Waals surface area contributed by atoms with E-state index in [1.165, 1.54) is 4.90 Å². The highest BCUT2D eigenvalue weighted by atomic mass is 35.5. The predicted molar refractivity (Wildman–Crippen MR) is 107 cm³/mol. The van der Waals surface area contributed by atoms with Crippen LogP contribution in [0.5, 0.6) is 0 Å². The van der Waals surface area contributed by atoms with Gasteiger partial charge in [-0.3, -0.25) is 4.79 Å². The number of halogens is 4. The maximum atomic E-state index is 14.2. The van der Waals surface area contributed by atoms with Crippen LogP contribution in [0, 0.1) is 17.6 Å². The zero-order valence-electron chi connectivity index (χ0n) is 15.7. The third-order valence-corrected chi connectivity index (χ3v) is 6.39. The molecule has 3 aliphatic rings. The van der Waals surface area contributed by atoms with Crippen molar-refractivity contribution < 1.29 is 28.5 Å². The molecule has 2 unspecified atom stereocenters. The van der Waals surface area contributed by atoms with Gasteiger partial charge in [0.2, 0.25) is 5.91 Å². The summed E-state index contributed by atoms with van der Waals surface area (Å²) in [5, 5.41) is 24.6. The lowest BCUT2D eigenvalue weighted by molar-refractivity contribution is -0.122. The molecule has 4 atom stereocenters. The van der Waals surface area contributed by atoms with E-state index in [9.17, 15) is 23.8 Å². The van der Waals surface area contributed by atoms with Gasteiger partial charge in [-0.1, -0.05) is 23.2 Å². The van der Waals surface area contributed by atoms with Crippen molar-refractivity contribution in [2.45, 2.75) is 30.6 Å². The van der Waals surface area contributed by atoms with E-state index < -0.39 is 23.3 Å². The molecule has 4 rings (SSSR count). The van der Waals surface area contributed by atoms with Crippen molar-refractivity contribution in [1.82, 2.24) is 5.32 Å². The van der Waals surface area contributed by atoms with Gasteiger partial charge in [0, 0.05) is 29.6 Å². The van der Waals surface area contributed by atoms with Gasteiger partial charge in [-0.15, -0.1) is 0 Å². The van der Waals surface area contributed by atoms with E-state index in [-0.39, 0.29) is 61.1 Å². The van der Waals surface area contributed by atoms with Crippen LogP contribution in [-0.4, -0.2) is 53.6 Å². The van der Waals surface area contributed by atoms with Crippen LogP contribution >= 0.6 is 23.2 Å². The number of rotatable bonds is 4. The summed E-state index contributed by atoms with van der Waals surface area (Å²) >= 11 is 11.8. The minimum absolute atomic E-state index is 0.0187. The smallest absolute Gasteiger partial charge is 0.221 e. The number of aliphatic hydroxyl groups is 2. The molecule has 0 radical (unpaired) electrons. The van der Waals surface area contributed by atoms with Crippen molar-refractivity contribution in [3.05, 3.63) is 51.7 Å². The molecule has 1 aromatic rings. The zero-order valence-corrected chi connectivity index (χ0v) is 17.3. The normalized spacial score (nSPS) is 31.1. The molecule has 3 N–H and O–H groups in total. The Kier molecular flexibility index (Phi) is 5.69. The van der Waals surface area contributed by atoms with Gasteiger partial charge in [-0.25, -0.2) is 8.78 Å². The first kappa shape index (κ1) is 21.4. The van der Waals surface area contributed by atoms with E-state index in [1.807, 2.05) is 0 Å². The molecule has 0 spiro atoms. The highest BCUT2D eigenvalue weighted by molar-refractivity contribution is 6.31. The zero-order chi connectivity index (χ0) is 21.6. The Balaban J connectivity index is 1.44. The fourth-order valence-corrected chi connectivity index (χ4v) is 4.56. The number of nitrogens with zero attached hydrogens (tertiary/aromatic N) is 1. The van der Waals surface area contributed by atoms with Crippen LogP contribution in [0.3, 0.4) is 0 Å². The fourth-order valence-electron chi connectivity index (χ4n) is 4.10. The van der Waals surface area contributed by atoms with Crippen LogP contribution in [0.1, 0.15) is 12.8 Å². The molecule has 162 valence electrons. The number of anilines is 1. The summed E-state index contributed by atoms with van der Waals surface area (Å²) in [7, 11) is 0. The van der Waals surface area contributed by atoms with E-state index in [0.29, 0.717) is 10.8 Å². The third-order valence-electron chi connectivity index (χ3n) is 5.81. The van der Waals surface area contributed by atoms with E-state index >= 15 is 0 Å². The second-order valence-electron chi connectivity index (χ2n) is 7.80. The topological polar surface area (TPSA) is 82.0 Å². The van der Waals surface area contributed by atoms with Crippen LogP contribution in [0.4, 0.5) is 14.5 Å². The quantitative estimate of drug-likeness (QED) is 0.642. The second kappa shape index (κ2) is 8.00. The lowest BCUT2D eigenvalue weighted by Crippen LogP contribution is -2.58. The number of allylic oxidation sites excluding steroid dienone is 2. The first-order valence-corrected chi connectivity index (χ1v) is 10.2. The van der Waals surface area contributed by atoms with Crippen molar-refractivity contribution in [2.75, 3.05) is 24.6 Å². The minimum Gasteiger partial charge on any atom is -0.494 e. The maximum Gasteiger partial charge on any atom is 0.221 e. The lowest BCUT2D eigenvalue weighted by Gasteiger charge is -2.43. The average Bonchev–Trinajstić information content (AvgIpc) is 3.06. The standard InChI is InChI=1S/C20H20Cl2F2N2O4/c21-10-5-13(23)19(14(24)6-10)26-4-3-20(29,16(27)8-26)9-30-15-2-1-12(22)18-11(15)7-17(28)25-18/h1-2,5-6,11,16,18,27,29H,3-4,7-9H2,(H,25,28)/t11?,16-,18?,20-/m1/s1. The number of hydrogen-bond donors (Lipinski definition) is 3. The number of amides is 1. The molecule has 2 saturated heterocycles. The van der Waals surface area contributed by atoms with Crippen molar-refractivity contribution >= 4 is 34.8 Å². The number of β-amino-alcohol motifs (C(OH)–C–C–N with tert-alkyl or cyclic N) is 1. The van der Waals surface area contributed by atoms with Gasteiger partial charge >= 0.3 is 0 Å². The third kappa shape index (κ3) is 3.89. The number of benzene rings is 1. The molecular weight excluding hydrogens is 441 g/mol. The number of ether oxygens (including phenoxy) is 1. The number of carbonyl (C=O) groups excluding carboxylic acids is 1. The Bertz CT molecular complexity index is 918. The summed E-state index contributed by atoms with van der Waals surface area (Å²) in [6.45, 7) is -0.322. The number of hydrogen-bond acceptors (Lipinski definition) is 5. The van der Waals surface area contributed by atoms with Crippen LogP contribution in [0.25, 0.3) is 0 Å². The van der Waals surface area contributed by atoms with Gasteiger partial charge in [0.15, 0.2) is 11.6 Å². The molecule has 6 nitrogen and oxygen atoms in total. The summed E-state index contributed by atoms with van der Waals surface area (Å²) in [5.74, 6) is -1.62. The first-order valence-electron chi connectivity index (χ1n) is 9.47. The summed E-state index contributed by atoms with van der Waals surface area (Å²) in [4.78, 5) is 13.1. The van der Waals surface area contributed by atoms with E-state index in [0.717, 1.165) is 12.1 Å². The van der Waals surface area contributed by atoms with Gasteiger partial charge in [-0.05, 0) is 30.7 Å². The Labute approximate surface area is 181 Å². The van der Waals surface area contributed by atoms with E-state index in [1.54, 1.807) is 12.2 Å². The predicted octanol–water partition coefficient (Wildman–Crippen LogP) is 2.46. The van der Waals surface area contributed by atoms with E-state index in [2.05, 4.69) is 5.32 Å². The summed E-state index contributed by atoms with van der Waals surface area (Å²) < 4.78 is 34.2. The molecule has 1 aromatic carbocycles. The Morgan fingerprint density at radius 2 is 1.97 bits per heavy atom. The molecule has 2 aliphatic heterocycles. The number of nitrogens with one attached hydrogen (secondary N) is 1. The number of carbonyl (C=O) groups is 1. The number of aliphatic hydroxyl groups excluding tert-OH is 1. The van der Waals surface area contributed by atoms with Gasteiger partial charge in [0.25, 0.3) is 0 Å². The first-order chi connectivity index (χ1) is 14.2. The summed E-state index contributed by atoms with van der Waals surface area (Å²) in [5.41, 5.74) is -1.91. The highest BCUT2D eigenvalue weighted by Crippen LogP contribution is 2.37. The molecule has 1 amide bonds. The fraction of sp³-hybridized carbons (Fsp3) is 0.450. The van der Waals surface area contributed by atoms with Gasteiger partial charge in [0.05, 0.1) is 12.0 Å². The summed E-state index contributed by atoms with van der Waals surface area (Å²) in [6.07, 6.45) is 2.18. The Morgan fingerprint density at radius 3 is 2.63 bits per heavy atom. The Morgan fingerprint density at radius 1 is 1.27 bits per heavy atom. The molecule has 0 aromatic heterocycles. The minimum atomic E-state index is -1.62. The molecule has 2 fully saturated rings. The largest absolute Gasteiger partial charge is 0.494 e. The molecule has 1 aliphatic carbocycles. The summed E-state index contributed by atoms with van der Waals surface area (Å²) in [6, 6.07) is 1.63. The van der Waals surface area contributed by atoms with Crippen molar-refractivity contribution in [3.63, 3.8) is 0 Å². The molecule has 0 saturated carbocycles. The SMILES string of the molecule is O=C1CC2C(OC[C@]3(O)CCN(c4c(F)cc(Cl)cc4F)C[C@H]3O)=CC=C(Cl)C2N1. The number of piperidine rings is 1. The van der Waals surface area contributed by atoms with Crippen molar-refractivity contribution in [1.29, 1.82) is 0 Å².